The number of hydrogen-bond donors (Lipinski definition) is 1. The van der Waals surface area contributed by atoms with Crippen molar-refractivity contribution in [2.45, 2.75) is 32.4 Å². The van der Waals surface area contributed by atoms with Gasteiger partial charge in [0.25, 0.3) is 0 Å². The highest BCUT2D eigenvalue weighted by atomic mass is 16.3. The Morgan fingerprint density at radius 1 is 1.16 bits per heavy atom. The molecule has 19 heavy (non-hydrogen) atoms. The number of likely N-dealkylation sites (N-methyl/N-ethyl adjacent to an activating group) is 2. The molecule has 0 saturated carbocycles. The van der Waals surface area contributed by atoms with Gasteiger partial charge in [-0.15, -0.1) is 0 Å². The number of rotatable bonds is 3. The van der Waals surface area contributed by atoms with Gasteiger partial charge in [-0.25, -0.2) is 0 Å². The maximum Gasteiger partial charge on any atom is 0.0805 e. The van der Waals surface area contributed by atoms with Gasteiger partial charge in [-0.1, -0.05) is 29.3 Å². The van der Waals surface area contributed by atoms with Crippen molar-refractivity contribution in [2.24, 2.45) is 0 Å². The Bertz CT molecular complexity index is 413. The van der Waals surface area contributed by atoms with E-state index in [9.17, 15) is 5.11 Å². The van der Waals surface area contributed by atoms with Crippen LogP contribution in [0.2, 0.25) is 0 Å². The van der Waals surface area contributed by atoms with Crippen LogP contribution in [-0.2, 0) is 0 Å². The van der Waals surface area contributed by atoms with Crippen molar-refractivity contribution in [1.29, 1.82) is 0 Å². The molecule has 1 aromatic carbocycles. The van der Waals surface area contributed by atoms with Gasteiger partial charge in [-0.05, 0) is 39.9 Å². The van der Waals surface area contributed by atoms with E-state index in [-0.39, 0.29) is 6.10 Å². The van der Waals surface area contributed by atoms with Gasteiger partial charge in [0, 0.05) is 25.7 Å². The lowest BCUT2D eigenvalue weighted by molar-refractivity contribution is 0.0634. The Morgan fingerprint density at radius 3 is 2.42 bits per heavy atom. The van der Waals surface area contributed by atoms with Gasteiger partial charge in [-0.2, -0.15) is 0 Å². The second-order valence-electron chi connectivity index (χ2n) is 6.07. The summed E-state index contributed by atoms with van der Waals surface area (Å²) in [6.45, 7) is 7.42. The quantitative estimate of drug-likeness (QED) is 0.902. The Kier molecular flexibility index (Phi) is 4.61. The molecule has 0 aromatic heterocycles. The van der Waals surface area contributed by atoms with Crippen LogP contribution in [0.25, 0.3) is 0 Å². The van der Waals surface area contributed by atoms with Crippen molar-refractivity contribution in [3.63, 3.8) is 0 Å². The molecule has 0 aliphatic carbocycles. The fraction of sp³-hybridized carbons (Fsp3) is 0.625. The van der Waals surface area contributed by atoms with Crippen LogP contribution in [0.5, 0.6) is 0 Å². The molecular weight excluding hydrogens is 236 g/mol. The summed E-state index contributed by atoms with van der Waals surface area (Å²) in [6, 6.07) is 6.79. The average Bonchev–Trinajstić information content (AvgIpc) is 2.32. The zero-order chi connectivity index (χ0) is 14.0. The molecule has 1 N–H and O–H groups in total. The van der Waals surface area contributed by atoms with Crippen molar-refractivity contribution in [3.8, 4) is 0 Å². The first-order chi connectivity index (χ1) is 8.95. The topological polar surface area (TPSA) is 26.7 Å². The van der Waals surface area contributed by atoms with Crippen molar-refractivity contribution < 1.29 is 5.11 Å². The minimum absolute atomic E-state index is 0.363. The standard InChI is InChI=1S/C16H26N2O/c1-12-7-13(2)9-14(8-12)16(19)10-15-11-17(3)5-6-18(15)4/h7-9,15-16,19H,5-6,10-11H2,1-4H3. The molecule has 0 bridgehead atoms. The summed E-state index contributed by atoms with van der Waals surface area (Å²) < 4.78 is 0. The molecule has 1 aliphatic rings. The molecule has 1 fully saturated rings. The van der Waals surface area contributed by atoms with E-state index in [4.69, 9.17) is 0 Å². The highest BCUT2D eigenvalue weighted by Gasteiger charge is 2.25. The maximum atomic E-state index is 10.5. The van der Waals surface area contributed by atoms with Crippen molar-refractivity contribution in [3.05, 3.63) is 34.9 Å². The fourth-order valence-electron chi connectivity index (χ4n) is 2.95. The third-order valence-corrected chi connectivity index (χ3v) is 4.10. The second-order valence-corrected chi connectivity index (χ2v) is 6.07. The average molecular weight is 262 g/mol. The van der Waals surface area contributed by atoms with Crippen LogP contribution in [0.3, 0.4) is 0 Å². The lowest BCUT2D eigenvalue weighted by atomic mass is 9.97. The predicted octanol–water partition coefficient (Wildman–Crippen LogP) is 1.97. The molecule has 2 rings (SSSR count). The van der Waals surface area contributed by atoms with Crippen LogP contribution in [0.4, 0.5) is 0 Å². The highest BCUT2D eigenvalue weighted by Crippen LogP contribution is 2.24. The van der Waals surface area contributed by atoms with E-state index in [0.717, 1.165) is 31.6 Å². The van der Waals surface area contributed by atoms with Gasteiger partial charge in [0.1, 0.15) is 0 Å². The minimum Gasteiger partial charge on any atom is -0.388 e. The molecule has 2 unspecified atom stereocenters. The molecule has 1 aromatic rings. The van der Waals surface area contributed by atoms with E-state index in [1.165, 1.54) is 11.1 Å². The number of aliphatic hydroxyl groups excluding tert-OH is 1. The van der Waals surface area contributed by atoms with E-state index < -0.39 is 0 Å². The fourth-order valence-corrected chi connectivity index (χ4v) is 2.95. The third kappa shape index (κ3) is 3.78. The highest BCUT2D eigenvalue weighted by molar-refractivity contribution is 5.30. The molecule has 106 valence electrons. The SMILES string of the molecule is Cc1cc(C)cc(C(O)CC2CN(C)CCN2C)c1. The van der Waals surface area contributed by atoms with E-state index in [0.29, 0.717) is 6.04 Å². The molecule has 1 saturated heterocycles. The van der Waals surface area contributed by atoms with Gasteiger partial charge >= 0.3 is 0 Å². The molecule has 3 heteroatoms. The summed E-state index contributed by atoms with van der Waals surface area (Å²) in [5.41, 5.74) is 3.51. The van der Waals surface area contributed by atoms with Gasteiger partial charge < -0.3 is 14.9 Å². The molecule has 3 nitrogen and oxygen atoms in total. The van der Waals surface area contributed by atoms with Crippen LogP contribution in [-0.4, -0.2) is 54.7 Å². The zero-order valence-corrected chi connectivity index (χ0v) is 12.6. The van der Waals surface area contributed by atoms with Crippen molar-refractivity contribution in [1.82, 2.24) is 9.80 Å². The molecule has 0 amide bonds. The molecule has 0 spiro atoms. The van der Waals surface area contributed by atoms with Crippen LogP contribution < -0.4 is 0 Å². The van der Waals surface area contributed by atoms with Gasteiger partial charge in [-0.3, -0.25) is 0 Å². The summed E-state index contributed by atoms with van der Waals surface area (Å²) in [7, 11) is 4.31. The molecule has 2 atom stereocenters. The normalized spacial score (nSPS) is 23.5. The Hall–Kier alpha value is -0.900. The number of aryl methyl sites for hydroxylation is 2. The zero-order valence-electron chi connectivity index (χ0n) is 12.6. The minimum atomic E-state index is -0.363. The summed E-state index contributed by atoms with van der Waals surface area (Å²) >= 11 is 0. The van der Waals surface area contributed by atoms with Gasteiger partial charge in [0.15, 0.2) is 0 Å². The molecule has 0 radical (unpaired) electrons. The first kappa shape index (κ1) is 14.5. The molecule has 1 aliphatic heterocycles. The number of nitrogens with zero attached hydrogens (tertiary/aromatic N) is 2. The Labute approximate surface area is 116 Å². The summed E-state index contributed by atoms with van der Waals surface area (Å²) in [4.78, 5) is 4.71. The lowest BCUT2D eigenvalue weighted by Gasteiger charge is -2.38. The summed E-state index contributed by atoms with van der Waals surface area (Å²) in [6.07, 6.45) is 0.446. The number of piperazine rings is 1. The van der Waals surface area contributed by atoms with E-state index in [1.807, 2.05) is 0 Å². The predicted molar refractivity (Wildman–Crippen MR) is 79.4 cm³/mol. The van der Waals surface area contributed by atoms with E-state index >= 15 is 0 Å². The summed E-state index contributed by atoms with van der Waals surface area (Å²) in [5.74, 6) is 0. The van der Waals surface area contributed by atoms with Crippen LogP contribution >= 0.6 is 0 Å². The monoisotopic (exact) mass is 262 g/mol. The van der Waals surface area contributed by atoms with E-state index in [2.05, 4.69) is 55.9 Å². The molecule has 1 heterocycles. The van der Waals surface area contributed by atoms with Crippen LogP contribution in [0, 0.1) is 13.8 Å². The second kappa shape index (κ2) is 6.04. The van der Waals surface area contributed by atoms with Crippen molar-refractivity contribution >= 4 is 0 Å². The number of aliphatic hydroxyl groups is 1. The Morgan fingerprint density at radius 2 is 1.79 bits per heavy atom. The molecular formula is C16H26N2O. The lowest BCUT2D eigenvalue weighted by Crippen LogP contribution is -2.50. The van der Waals surface area contributed by atoms with Crippen LogP contribution in [0.1, 0.15) is 29.2 Å². The van der Waals surface area contributed by atoms with Gasteiger partial charge in [0.05, 0.1) is 6.10 Å². The number of hydrogen-bond acceptors (Lipinski definition) is 3. The third-order valence-electron chi connectivity index (χ3n) is 4.10. The first-order valence-corrected chi connectivity index (χ1v) is 7.10. The van der Waals surface area contributed by atoms with Crippen molar-refractivity contribution in [2.75, 3.05) is 33.7 Å². The van der Waals surface area contributed by atoms with E-state index in [1.54, 1.807) is 0 Å². The smallest absolute Gasteiger partial charge is 0.0805 e. The summed E-state index contributed by atoms with van der Waals surface area (Å²) in [5, 5.41) is 10.5. The first-order valence-electron chi connectivity index (χ1n) is 7.10. The Balaban J connectivity index is 2.05. The number of benzene rings is 1. The van der Waals surface area contributed by atoms with Gasteiger partial charge in [0.2, 0.25) is 0 Å². The maximum absolute atomic E-state index is 10.5. The largest absolute Gasteiger partial charge is 0.388 e. The van der Waals surface area contributed by atoms with Crippen LogP contribution in [0.15, 0.2) is 18.2 Å².